The fraction of sp³-hybridized carbons (Fsp3) is 0.700. The molecule has 0 spiro atoms. The molecular formula is C20H30O4S. The molecule has 1 N–H and O–H groups in total. The summed E-state index contributed by atoms with van der Waals surface area (Å²) in [4.78, 5) is 0. The Kier molecular flexibility index (Phi) is 6.91. The standard InChI is InChI=1S/C20H30O4S/c1-22-17-8-7-15-11-16(14-5-3-4-6-14)13-25-18(12-24-10-9-21)19(15)20(17)23-2/h7-8,14,16,18,21H,3-6,9-13H2,1-2H3. The minimum absolute atomic E-state index is 0.0597. The molecule has 0 amide bonds. The molecule has 1 aromatic rings. The van der Waals surface area contributed by atoms with Crippen molar-refractivity contribution in [2.75, 3.05) is 39.8 Å². The van der Waals surface area contributed by atoms with Crippen LogP contribution in [0, 0.1) is 11.8 Å². The van der Waals surface area contributed by atoms with Gasteiger partial charge < -0.3 is 19.3 Å². The van der Waals surface area contributed by atoms with Gasteiger partial charge in [0.1, 0.15) is 0 Å². The van der Waals surface area contributed by atoms with Gasteiger partial charge >= 0.3 is 0 Å². The van der Waals surface area contributed by atoms with E-state index in [-0.39, 0.29) is 11.9 Å². The van der Waals surface area contributed by atoms with Crippen molar-refractivity contribution in [1.29, 1.82) is 0 Å². The smallest absolute Gasteiger partial charge is 0.165 e. The Morgan fingerprint density at radius 3 is 2.60 bits per heavy atom. The van der Waals surface area contributed by atoms with Gasteiger partial charge in [-0.05, 0) is 35.6 Å². The van der Waals surface area contributed by atoms with Gasteiger partial charge in [-0.25, -0.2) is 0 Å². The van der Waals surface area contributed by atoms with E-state index in [0.717, 1.165) is 35.5 Å². The average molecular weight is 367 g/mol. The number of hydrogen-bond acceptors (Lipinski definition) is 5. The van der Waals surface area contributed by atoms with Gasteiger partial charge in [0.2, 0.25) is 0 Å². The van der Waals surface area contributed by atoms with Crippen molar-refractivity contribution in [2.24, 2.45) is 11.8 Å². The van der Waals surface area contributed by atoms with E-state index in [4.69, 9.17) is 19.3 Å². The summed E-state index contributed by atoms with van der Waals surface area (Å²) < 4.78 is 17.0. The summed E-state index contributed by atoms with van der Waals surface area (Å²) in [5.41, 5.74) is 2.60. The Labute approximate surface area is 155 Å². The van der Waals surface area contributed by atoms with Gasteiger partial charge in [0, 0.05) is 5.56 Å². The highest BCUT2D eigenvalue weighted by Gasteiger charge is 2.33. The quantitative estimate of drug-likeness (QED) is 0.743. The minimum atomic E-state index is 0.0597. The lowest BCUT2D eigenvalue weighted by Crippen LogP contribution is -2.16. The molecule has 1 heterocycles. The molecule has 1 aliphatic heterocycles. The fourth-order valence-electron chi connectivity index (χ4n) is 4.30. The van der Waals surface area contributed by atoms with E-state index in [0.29, 0.717) is 13.2 Å². The minimum Gasteiger partial charge on any atom is -0.493 e. The molecule has 0 bridgehead atoms. The maximum atomic E-state index is 9.04. The molecule has 2 unspecified atom stereocenters. The molecule has 0 aromatic heterocycles. The van der Waals surface area contributed by atoms with Gasteiger partial charge in [-0.1, -0.05) is 31.7 Å². The van der Waals surface area contributed by atoms with Crippen LogP contribution in [0.4, 0.5) is 0 Å². The van der Waals surface area contributed by atoms with Gasteiger partial charge in [0.15, 0.2) is 11.5 Å². The van der Waals surface area contributed by atoms with E-state index in [9.17, 15) is 0 Å². The lowest BCUT2D eigenvalue weighted by molar-refractivity contribution is 0.0929. The van der Waals surface area contributed by atoms with E-state index in [1.165, 1.54) is 36.8 Å². The molecule has 1 aliphatic carbocycles. The van der Waals surface area contributed by atoms with Gasteiger partial charge in [0.05, 0.1) is 39.3 Å². The zero-order valence-corrected chi connectivity index (χ0v) is 16.1. The van der Waals surface area contributed by atoms with Crippen LogP contribution in [-0.2, 0) is 11.2 Å². The summed E-state index contributed by atoms with van der Waals surface area (Å²) in [6.07, 6.45) is 6.63. The van der Waals surface area contributed by atoms with Crippen molar-refractivity contribution in [1.82, 2.24) is 0 Å². The predicted octanol–water partition coefficient (Wildman–Crippen LogP) is 3.85. The number of benzene rings is 1. The maximum absolute atomic E-state index is 9.04. The van der Waals surface area contributed by atoms with Gasteiger partial charge in [-0.2, -0.15) is 11.8 Å². The Balaban J connectivity index is 1.91. The molecule has 0 saturated heterocycles. The van der Waals surface area contributed by atoms with Crippen LogP contribution >= 0.6 is 11.8 Å². The summed E-state index contributed by atoms with van der Waals surface area (Å²) in [5.74, 6) is 4.38. The maximum Gasteiger partial charge on any atom is 0.165 e. The first-order valence-electron chi connectivity index (χ1n) is 9.32. The Hall–Kier alpha value is -0.910. The Morgan fingerprint density at radius 1 is 1.12 bits per heavy atom. The van der Waals surface area contributed by atoms with Crippen LogP contribution in [0.2, 0.25) is 0 Å². The zero-order valence-electron chi connectivity index (χ0n) is 15.3. The molecule has 1 fully saturated rings. The zero-order chi connectivity index (χ0) is 17.6. The summed E-state index contributed by atoms with van der Waals surface area (Å²) >= 11 is 1.98. The van der Waals surface area contributed by atoms with Crippen LogP contribution in [0.3, 0.4) is 0 Å². The van der Waals surface area contributed by atoms with E-state index in [2.05, 4.69) is 6.07 Å². The number of ether oxygens (including phenoxy) is 3. The van der Waals surface area contributed by atoms with E-state index in [1.54, 1.807) is 14.2 Å². The van der Waals surface area contributed by atoms with Crippen LogP contribution < -0.4 is 9.47 Å². The normalized spacial score (nSPS) is 24.0. The van der Waals surface area contributed by atoms with Crippen LogP contribution in [0.15, 0.2) is 12.1 Å². The summed E-state index contributed by atoms with van der Waals surface area (Å²) in [5, 5.41) is 9.26. The first-order valence-corrected chi connectivity index (χ1v) is 10.4. The molecule has 3 rings (SSSR count). The Morgan fingerprint density at radius 2 is 1.92 bits per heavy atom. The third-order valence-corrected chi connectivity index (χ3v) is 6.96. The largest absolute Gasteiger partial charge is 0.493 e. The number of thioether (sulfide) groups is 1. The molecule has 2 aliphatic rings. The molecule has 1 saturated carbocycles. The van der Waals surface area contributed by atoms with Gasteiger partial charge in [-0.15, -0.1) is 0 Å². The van der Waals surface area contributed by atoms with E-state index >= 15 is 0 Å². The molecule has 25 heavy (non-hydrogen) atoms. The Bertz CT molecular complexity index is 557. The summed E-state index contributed by atoms with van der Waals surface area (Å²) in [6.45, 7) is 1.04. The SMILES string of the molecule is COc1ccc2c(c1OC)C(COCCO)SCC(C1CCCC1)C2. The number of hydrogen-bond donors (Lipinski definition) is 1. The molecule has 140 valence electrons. The lowest BCUT2D eigenvalue weighted by Gasteiger charge is -2.22. The second kappa shape index (κ2) is 9.15. The molecule has 4 nitrogen and oxygen atoms in total. The van der Waals surface area contributed by atoms with Crippen molar-refractivity contribution in [3.05, 3.63) is 23.3 Å². The van der Waals surface area contributed by atoms with E-state index < -0.39 is 0 Å². The van der Waals surface area contributed by atoms with Crippen LogP contribution in [-0.4, -0.2) is 44.9 Å². The van der Waals surface area contributed by atoms with Crippen LogP contribution in [0.25, 0.3) is 0 Å². The number of fused-ring (bicyclic) bond motifs is 1. The van der Waals surface area contributed by atoms with Gasteiger partial charge in [-0.3, -0.25) is 0 Å². The molecular weight excluding hydrogens is 336 g/mol. The van der Waals surface area contributed by atoms with Crippen LogP contribution in [0.1, 0.15) is 42.1 Å². The molecule has 1 aromatic carbocycles. The number of aliphatic hydroxyl groups excluding tert-OH is 1. The summed E-state index contributed by atoms with van der Waals surface area (Å²) in [7, 11) is 3.40. The van der Waals surface area contributed by atoms with Crippen molar-refractivity contribution < 1.29 is 19.3 Å². The number of aliphatic hydroxyl groups is 1. The molecule has 0 radical (unpaired) electrons. The highest BCUT2D eigenvalue weighted by molar-refractivity contribution is 7.99. The van der Waals surface area contributed by atoms with E-state index in [1.807, 2.05) is 17.8 Å². The lowest BCUT2D eigenvalue weighted by atomic mass is 9.85. The second-order valence-corrected chi connectivity index (χ2v) is 8.24. The summed E-state index contributed by atoms with van der Waals surface area (Å²) in [6, 6.07) is 4.24. The fourth-order valence-corrected chi connectivity index (χ4v) is 5.79. The van der Waals surface area contributed by atoms with Crippen molar-refractivity contribution in [3.8, 4) is 11.5 Å². The highest BCUT2D eigenvalue weighted by Crippen LogP contribution is 2.48. The average Bonchev–Trinajstić information content (AvgIpc) is 3.11. The number of rotatable bonds is 7. The first kappa shape index (κ1) is 18.9. The second-order valence-electron chi connectivity index (χ2n) is 7.00. The van der Waals surface area contributed by atoms with Gasteiger partial charge in [0.25, 0.3) is 0 Å². The third kappa shape index (κ3) is 4.26. The van der Waals surface area contributed by atoms with Crippen LogP contribution in [0.5, 0.6) is 11.5 Å². The predicted molar refractivity (Wildman–Crippen MR) is 102 cm³/mol. The third-order valence-electron chi connectivity index (χ3n) is 5.56. The van der Waals surface area contributed by atoms with Crippen molar-refractivity contribution in [2.45, 2.75) is 37.4 Å². The van der Waals surface area contributed by atoms with Crippen molar-refractivity contribution >= 4 is 11.8 Å². The topological polar surface area (TPSA) is 47.9 Å². The monoisotopic (exact) mass is 366 g/mol. The highest BCUT2D eigenvalue weighted by atomic mass is 32.2. The first-order chi connectivity index (χ1) is 12.3. The molecule has 5 heteroatoms. The molecule has 2 atom stereocenters. The van der Waals surface area contributed by atoms with Crippen molar-refractivity contribution in [3.63, 3.8) is 0 Å². The number of methoxy groups -OCH3 is 2.